The summed E-state index contributed by atoms with van der Waals surface area (Å²) in [4.78, 5) is 2.53. The molecule has 1 aromatic carbocycles. The Hall–Kier alpha value is -1.02. The molecule has 19 heavy (non-hydrogen) atoms. The molecule has 1 N–H and O–H groups in total. The SMILES string of the molecule is CCNC(CC)c1ccc(N2CCC(C)CC2)cc1. The van der Waals surface area contributed by atoms with Gasteiger partial charge in [-0.05, 0) is 49.4 Å². The van der Waals surface area contributed by atoms with E-state index >= 15 is 0 Å². The molecule has 0 aromatic heterocycles. The standard InChI is InChI=1S/C17H28N2/c1-4-17(18-5-2)15-6-8-16(9-7-15)19-12-10-14(3)11-13-19/h6-9,14,17-18H,4-5,10-13H2,1-3H3. The minimum Gasteiger partial charge on any atom is -0.372 e. The Labute approximate surface area is 118 Å². The number of hydrogen-bond donors (Lipinski definition) is 1. The average Bonchev–Trinajstić information content (AvgIpc) is 2.46. The van der Waals surface area contributed by atoms with Gasteiger partial charge in [0.05, 0.1) is 0 Å². The number of rotatable bonds is 5. The van der Waals surface area contributed by atoms with Crippen molar-refractivity contribution in [3.63, 3.8) is 0 Å². The van der Waals surface area contributed by atoms with Crippen molar-refractivity contribution < 1.29 is 0 Å². The normalized spacial score (nSPS) is 18.6. The van der Waals surface area contributed by atoms with E-state index in [2.05, 4.69) is 55.3 Å². The summed E-state index contributed by atoms with van der Waals surface area (Å²) in [7, 11) is 0. The van der Waals surface area contributed by atoms with Crippen LogP contribution in [0, 0.1) is 5.92 Å². The fraction of sp³-hybridized carbons (Fsp3) is 0.647. The van der Waals surface area contributed by atoms with Crippen LogP contribution in [0.15, 0.2) is 24.3 Å². The largest absolute Gasteiger partial charge is 0.372 e. The van der Waals surface area contributed by atoms with E-state index in [1.165, 1.54) is 37.2 Å². The number of benzene rings is 1. The van der Waals surface area contributed by atoms with Crippen LogP contribution in [-0.4, -0.2) is 19.6 Å². The molecule has 0 bridgehead atoms. The average molecular weight is 260 g/mol. The van der Waals surface area contributed by atoms with Crippen molar-refractivity contribution >= 4 is 5.69 Å². The first-order valence-corrected chi connectivity index (χ1v) is 7.82. The number of hydrogen-bond acceptors (Lipinski definition) is 2. The van der Waals surface area contributed by atoms with E-state index in [0.29, 0.717) is 6.04 Å². The van der Waals surface area contributed by atoms with Crippen LogP contribution in [0.4, 0.5) is 5.69 Å². The van der Waals surface area contributed by atoms with Crippen molar-refractivity contribution in [1.29, 1.82) is 0 Å². The predicted molar refractivity (Wildman–Crippen MR) is 83.8 cm³/mol. The molecule has 106 valence electrons. The first-order chi connectivity index (χ1) is 9.24. The van der Waals surface area contributed by atoms with E-state index in [9.17, 15) is 0 Å². The van der Waals surface area contributed by atoms with Crippen LogP contribution in [-0.2, 0) is 0 Å². The molecule has 2 nitrogen and oxygen atoms in total. The molecule has 1 aliphatic heterocycles. The zero-order valence-electron chi connectivity index (χ0n) is 12.7. The van der Waals surface area contributed by atoms with Gasteiger partial charge in [-0.3, -0.25) is 0 Å². The van der Waals surface area contributed by atoms with E-state index in [4.69, 9.17) is 0 Å². The van der Waals surface area contributed by atoms with Crippen molar-refractivity contribution in [3.8, 4) is 0 Å². The fourth-order valence-corrected chi connectivity index (χ4v) is 2.93. The van der Waals surface area contributed by atoms with Gasteiger partial charge < -0.3 is 10.2 Å². The van der Waals surface area contributed by atoms with E-state index in [1.807, 2.05) is 0 Å². The third kappa shape index (κ3) is 3.73. The molecular formula is C17H28N2. The summed E-state index contributed by atoms with van der Waals surface area (Å²) < 4.78 is 0. The van der Waals surface area contributed by atoms with Gasteiger partial charge in [0.1, 0.15) is 0 Å². The Kier molecular flexibility index (Phi) is 5.26. The fourth-order valence-electron chi connectivity index (χ4n) is 2.93. The molecule has 2 heteroatoms. The molecule has 1 atom stereocenters. The Bertz CT molecular complexity index is 363. The highest BCUT2D eigenvalue weighted by molar-refractivity contribution is 5.48. The highest BCUT2D eigenvalue weighted by Crippen LogP contribution is 2.25. The van der Waals surface area contributed by atoms with Crippen LogP contribution >= 0.6 is 0 Å². The van der Waals surface area contributed by atoms with Crippen LogP contribution in [0.5, 0.6) is 0 Å². The Morgan fingerprint density at radius 3 is 2.32 bits per heavy atom. The summed E-state index contributed by atoms with van der Waals surface area (Å²) in [6, 6.07) is 9.69. The van der Waals surface area contributed by atoms with Crippen LogP contribution in [0.1, 0.15) is 51.6 Å². The summed E-state index contributed by atoms with van der Waals surface area (Å²) in [5, 5.41) is 3.54. The van der Waals surface area contributed by atoms with Gasteiger partial charge >= 0.3 is 0 Å². The van der Waals surface area contributed by atoms with Gasteiger partial charge in [0.2, 0.25) is 0 Å². The van der Waals surface area contributed by atoms with Gasteiger partial charge in [0, 0.05) is 24.8 Å². The topological polar surface area (TPSA) is 15.3 Å². The molecule has 1 saturated heterocycles. The summed E-state index contributed by atoms with van der Waals surface area (Å²) in [6.45, 7) is 10.2. The maximum absolute atomic E-state index is 3.54. The molecule has 0 amide bonds. The van der Waals surface area contributed by atoms with E-state index in [1.54, 1.807) is 0 Å². The molecule has 0 saturated carbocycles. The van der Waals surface area contributed by atoms with E-state index in [-0.39, 0.29) is 0 Å². The molecule has 0 radical (unpaired) electrons. The van der Waals surface area contributed by atoms with Gasteiger partial charge in [0.15, 0.2) is 0 Å². The molecule has 0 aliphatic carbocycles. The van der Waals surface area contributed by atoms with Gasteiger partial charge in [-0.25, -0.2) is 0 Å². The third-order valence-electron chi connectivity index (χ3n) is 4.30. The lowest BCUT2D eigenvalue weighted by Gasteiger charge is -2.32. The van der Waals surface area contributed by atoms with Gasteiger partial charge in [0.25, 0.3) is 0 Å². The lowest BCUT2D eigenvalue weighted by molar-refractivity contribution is 0.438. The lowest BCUT2D eigenvalue weighted by Crippen LogP contribution is -2.32. The smallest absolute Gasteiger partial charge is 0.0366 e. The zero-order chi connectivity index (χ0) is 13.7. The highest BCUT2D eigenvalue weighted by Gasteiger charge is 2.16. The summed E-state index contributed by atoms with van der Waals surface area (Å²) in [5.41, 5.74) is 2.81. The number of nitrogens with zero attached hydrogens (tertiary/aromatic N) is 1. The van der Waals surface area contributed by atoms with Crippen LogP contribution in [0.25, 0.3) is 0 Å². The Balaban J connectivity index is 2.01. The third-order valence-corrected chi connectivity index (χ3v) is 4.30. The molecular weight excluding hydrogens is 232 g/mol. The molecule has 1 unspecified atom stereocenters. The second-order valence-corrected chi connectivity index (χ2v) is 5.78. The van der Waals surface area contributed by atoms with Crippen molar-refractivity contribution in [2.24, 2.45) is 5.92 Å². The highest BCUT2D eigenvalue weighted by atomic mass is 15.1. The lowest BCUT2D eigenvalue weighted by atomic mass is 9.98. The Morgan fingerprint density at radius 1 is 1.16 bits per heavy atom. The van der Waals surface area contributed by atoms with E-state index < -0.39 is 0 Å². The quantitative estimate of drug-likeness (QED) is 0.861. The van der Waals surface area contributed by atoms with Gasteiger partial charge in [-0.1, -0.05) is 32.9 Å². The molecule has 1 fully saturated rings. The molecule has 1 aromatic rings. The number of nitrogens with one attached hydrogen (secondary N) is 1. The van der Waals surface area contributed by atoms with Crippen molar-refractivity contribution in [2.45, 2.75) is 46.1 Å². The van der Waals surface area contributed by atoms with Gasteiger partial charge in [-0.15, -0.1) is 0 Å². The van der Waals surface area contributed by atoms with Crippen LogP contribution < -0.4 is 10.2 Å². The number of piperidine rings is 1. The summed E-state index contributed by atoms with van der Waals surface area (Å²) >= 11 is 0. The molecule has 1 heterocycles. The molecule has 1 aliphatic rings. The first-order valence-electron chi connectivity index (χ1n) is 7.82. The minimum absolute atomic E-state index is 0.500. The zero-order valence-corrected chi connectivity index (χ0v) is 12.7. The molecule has 2 rings (SSSR count). The summed E-state index contributed by atoms with van der Waals surface area (Å²) in [6.07, 6.45) is 3.81. The first kappa shape index (κ1) is 14.4. The van der Waals surface area contributed by atoms with Crippen LogP contribution in [0.3, 0.4) is 0 Å². The Morgan fingerprint density at radius 2 is 1.79 bits per heavy atom. The second-order valence-electron chi connectivity index (χ2n) is 5.78. The second kappa shape index (κ2) is 6.95. The minimum atomic E-state index is 0.500. The monoisotopic (exact) mass is 260 g/mol. The predicted octanol–water partition coefficient (Wildman–Crippen LogP) is 3.98. The van der Waals surface area contributed by atoms with Gasteiger partial charge in [-0.2, -0.15) is 0 Å². The summed E-state index contributed by atoms with van der Waals surface area (Å²) in [5.74, 6) is 0.897. The van der Waals surface area contributed by atoms with E-state index in [0.717, 1.165) is 18.9 Å². The van der Waals surface area contributed by atoms with Crippen molar-refractivity contribution in [2.75, 3.05) is 24.5 Å². The number of anilines is 1. The maximum atomic E-state index is 3.54. The maximum Gasteiger partial charge on any atom is 0.0366 e. The van der Waals surface area contributed by atoms with Crippen molar-refractivity contribution in [1.82, 2.24) is 5.32 Å². The van der Waals surface area contributed by atoms with Crippen LogP contribution in [0.2, 0.25) is 0 Å². The van der Waals surface area contributed by atoms with Crippen molar-refractivity contribution in [3.05, 3.63) is 29.8 Å². The molecule has 0 spiro atoms.